The quantitative estimate of drug-likeness (QED) is 0.331. The maximum Gasteiger partial charge on any atom is 0.307 e. The van der Waals surface area contributed by atoms with Gasteiger partial charge in [-0.25, -0.2) is 0 Å². The molecule has 0 radical (unpaired) electrons. The van der Waals surface area contributed by atoms with Gasteiger partial charge in [0.2, 0.25) is 0 Å². The van der Waals surface area contributed by atoms with Crippen molar-refractivity contribution in [1.82, 2.24) is 24.5 Å². The molecule has 28 heavy (non-hydrogen) atoms. The molecule has 0 N–H and O–H groups in total. The van der Waals surface area contributed by atoms with Crippen LogP contribution in [0.4, 0.5) is 5.69 Å². The molecule has 1 unspecified atom stereocenters. The number of aromatic nitrogens is 5. The molecule has 148 valence electrons. The van der Waals surface area contributed by atoms with E-state index in [1.807, 2.05) is 11.3 Å². The summed E-state index contributed by atoms with van der Waals surface area (Å²) in [5.41, 5.74) is 2.62. The third-order valence-corrected chi connectivity index (χ3v) is 6.96. The standard InChI is InChI=1S/C18H22N6O2S2/c1-11(2)23-17(15-9-27-16-6-12(3)4-5-14(15)16)20-21-18(23)28-10-22-8-13(7-19-22)24(25)26/h7-9,11-12H,4-6,10H2,1-3H3. The fourth-order valence-electron chi connectivity index (χ4n) is 3.53. The molecule has 3 aromatic rings. The zero-order valence-electron chi connectivity index (χ0n) is 16.0. The van der Waals surface area contributed by atoms with E-state index in [9.17, 15) is 10.1 Å². The fourth-order valence-corrected chi connectivity index (χ4v) is 5.70. The molecule has 1 aliphatic carbocycles. The molecule has 1 atom stereocenters. The molecule has 0 bridgehead atoms. The van der Waals surface area contributed by atoms with E-state index in [0.29, 0.717) is 5.88 Å². The first-order valence-corrected chi connectivity index (χ1v) is 11.1. The Hall–Kier alpha value is -2.20. The number of thioether (sulfide) groups is 1. The van der Waals surface area contributed by atoms with Crippen LogP contribution in [-0.2, 0) is 18.7 Å². The van der Waals surface area contributed by atoms with Crippen LogP contribution in [0.15, 0.2) is 22.9 Å². The van der Waals surface area contributed by atoms with Gasteiger partial charge in [-0.2, -0.15) is 5.10 Å². The summed E-state index contributed by atoms with van der Waals surface area (Å²) >= 11 is 3.31. The summed E-state index contributed by atoms with van der Waals surface area (Å²) in [4.78, 5) is 11.9. The van der Waals surface area contributed by atoms with Crippen LogP contribution in [0, 0.1) is 16.0 Å². The zero-order valence-corrected chi connectivity index (χ0v) is 17.7. The van der Waals surface area contributed by atoms with Gasteiger partial charge in [0.05, 0.1) is 10.8 Å². The lowest BCUT2D eigenvalue weighted by Gasteiger charge is -2.19. The highest BCUT2D eigenvalue weighted by Crippen LogP contribution is 2.39. The lowest BCUT2D eigenvalue weighted by Crippen LogP contribution is -2.11. The first kappa shape index (κ1) is 19.1. The second kappa shape index (κ2) is 7.67. The first-order valence-electron chi connectivity index (χ1n) is 9.28. The second-order valence-corrected chi connectivity index (χ2v) is 9.31. The highest BCUT2D eigenvalue weighted by Gasteiger charge is 2.25. The van der Waals surface area contributed by atoms with Gasteiger partial charge < -0.3 is 0 Å². The molecule has 0 aliphatic heterocycles. The van der Waals surface area contributed by atoms with Crippen LogP contribution >= 0.6 is 23.1 Å². The van der Waals surface area contributed by atoms with Crippen LogP contribution in [0.5, 0.6) is 0 Å². The van der Waals surface area contributed by atoms with Crippen molar-refractivity contribution in [1.29, 1.82) is 0 Å². The molecule has 8 nitrogen and oxygen atoms in total. The molecule has 0 aromatic carbocycles. The van der Waals surface area contributed by atoms with Gasteiger partial charge in [0.25, 0.3) is 0 Å². The summed E-state index contributed by atoms with van der Waals surface area (Å²) < 4.78 is 3.71. The minimum absolute atomic E-state index is 0.00857. The van der Waals surface area contributed by atoms with Crippen molar-refractivity contribution in [2.45, 2.75) is 57.1 Å². The third-order valence-electron chi connectivity index (χ3n) is 4.98. The van der Waals surface area contributed by atoms with Gasteiger partial charge in [-0.15, -0.1) is 21.5 Å². The predicted molar refractivity (Wildman–Crippen MR) is 110 cm³/mol. The maximum absolute atomic E-state index is 10.8. The summed E-state index contributed by atoms with van der Waals surface area (Å²) in [6.07, 6.45) is 6.15. The summed E-state index contributed by atoms with van der Waals surface area (Å²) in [5, 5.41) is 26.8. The summed E-state index contributed by atoms with van der Waals surface area (Å²) in [6.45, 7) is 6.56. The van der Waals surface area contributed by atoms with Crippen molar-refractivity contribution in [3.63, 3.8) is 0 Å². The summed E-state index contributed by atoms with van der Waals surface area (Å²) in [5.74, 6) is 2.10. The van der Waals surface area contributed by atoms with Crippen LogP contribution in [0.2, 0.25) is 0 Å². The van der Waals surface area contributed by atoms with Crippen molar-refractivity contribution in [2.75, 3.05) is 0 Å². The van der Waals surface area contributed by atoms with Crippen molar-refractivity contribution < 1.29 is 4.92 Å². The van der Waals surface area contributed by atoms with Crippen LogP contribution in [0.1, 0.15) is 43.7 Å². The Kier molecular flexibility index (Phi) is 5.24. The van der Waals surface area contributed by atoms with Gasteiger partial charge in [0.1, 0.15) is 12.4 Å². The highest BCUT2D eigenvalue weighted by atomic mass is 32.2. The van der Waals surface area contributed by atoms with Gasteiger partial charge in [-0.3, -0.25) is 19.4 Å². The molecule has 1 aliphatic rings. The van der Waals surface area contributed by atoms with Crippen molar-refractivity contribution in [3.05, 3.63) is 38.3 Å². The zero-order chi connectivity index (χ0) is 19.8. The molecule has 3 heterocycles. The Morgan fingerprint density at radius 1 is 1.43 bits per heavy atom. The SMILES string of the molecule is CC1CCc2c(-c3nnc(SCn4cc([N+](=O)[O-])cn4)n3C(C)C)csc2C1. The van der Waals surface area contributed by atoms with Crippen molar-refractivity contribution >= 4 is 28.8 Å². The molecule has 0 fully saturated rings. The molecule has 0 amide bonds. The van der Waals surface area contributed by atoms with Gasteiger partial charge in [-0.1, -0.05) is 18.7 Å². The van der Waals surface area contributed by atoms with Gasteiger partial charge in [-0.05, 0) is 44.6 Å². The van der Waals surface area contributed by atoms with E-state index >= 15 is 0 Å². The van der Waals surface area contributed by atoms with E-state index in [4.69, 9.17) is 0 Å². The number of nitrogens with zero attached hydrogens (tertiary/aromatic N) is 6. The molecule has 0 spiro atoms. The van der Waals surface area contributed by atoms with Crippen molar-refractivity contribution in [3.8, 4) is 11.4 Å². The topological polar surface area (TPSA) is 91.7 Å². The lowest BCUT2D eigenvalue weighted by molar-refractivity contribution is -0.385. The fraction of sp³-hybridized carbons (Fsp3) is 0.500. The number of hydrogen-bond donors (Lipinski definition) is 0. The smallest absolute Gasteiger partial charge is 0.299 e. The minimum atomic E-state index is -0.441. The number of fused-ring (bicyclic) bond motifs is 1. The van der Waals surface area contributed by atoms with E-state index in [1.54, 1.807) is 4.68 Å². The molecule has 10 heteroatoms. The van der Waals surface area contributed by atoms with E-state index in [1.165, 1.54) is 46.6 Å². The van der Waals surface area contributed by atoms with E-state index < -0.39 is 4.92 Å². The number of rotatable bonds is 6. The number of nitro groups is 1. The minimum Gasteiger partial charge on any atom is -0.299 e. The average Bonchev–Trinajstić information content (AvgIpc) is 3.36. The van der Waals surface area contributed by atoms with Crippen LogP contribution in [0.3, 0.4) is 0 Å². The Balaban J connectivity index is 1.60. The van der Waals surface area contributed by atoms with Crippen LogP contribution < -0.4 is 0 Å². The third kappa shape index (κ3) is 3.58. The predicted octanol–water partition coefficient (Wildman–Crippen LogP) is 4.57. The van der Waals surface area contributed by atoms with Crippen LogP contribution in [0.25, 0.3) is 11.4 Å². The maximum atomic E-state index is 10.8. The molecule has 3 aromatic heterocycles. The molecule has 4 rings (SSSR count). The lowest BCUT2D eigenvalue weighted by atomic mass is 9.88. The Morgan fingerprint density at radius 3 is 2.96 bits per heavy atom. The van der Waals surface area contributed by atoms with E-state index in [2.05, 4.69) is 46.0 Å². The largest absolute Gasteiger partial charge is 0.307 e. The summed E-state index contributed by atoms with van der Waals surface area (Å²) in [7, 11) is 0. The Labute approximate surface area is 171 Å². The average molecular weight is 419 g/mol. The van der Waals surface area contributed by atoms with Gasteiger partial charge in [0.15, 0.2) is 11.0 Å². The Morgan fingerprint density at radius 2 is 2.25 bits per heavy atom. The van der Waals surface area contributed by atoms with Crippen molar-refractivity contribution in [2.24, 2.45) is 5.92 Å². The van der Waals surface area contributed by atoms with Crippen LogP contribution in [-0.4, -0.2) is 29.5 Å². The monoisotopic (exact) mass is 418 g/mol. The normalized spacial score (nSPS) is 16.5. The highest BCUT2D eigenvalue weighted by molar-refractivity contribution is 7.98. The number of thiophene rings is 1. The van der Waals surface area contributed by atoms with Gasteiger partial charge >= 0.3 is 5.69 Å². The molecular weight excluding hydrogens is 396 g/mol. The van der Waals surface area contributed by atoms with E-state index in [-0.39, 0.29) is 11.7 Å². The second-order valence-electron chi connectivity index (χ2n) is 7.44. The molecule has 0 saturated heterocycles. The first-order chi connectivity index (χ1) is 13.4. The van der Waals surface area contributed by atoms with E-state index in [0.717, 1.165) is 29.7 Å². The molecule has 0 saturated carbocycles. The van der Waals surface area contributed by atoms with Gasteiger partial charge in [0, 0.05) is 21.9 Å². The number of hydrogen-bond acceptors (Lipinski definition) is 7. The summed E-state index contributed by atoms with van der Waals surface area (Å²) in [6, 6.07) is 0.206. The molecular formula is C18H22N6O2S2. The Bertz CT molecular complexity index is 1010.